The van der Waals surface area contributed by atoms with E-state index >= 15 is 0 Å². The molecule has 0 radical (unpaired) electrons. The van der Waals surface area contributed by atoms with Crippen LogP contribution < -0.4 is 5.73 Å². The molecule has 0 aliphatic heterocycles. The van der Waals surface area contributed by atoms with Gasteiger partial charge in [-0.2, -0.15) is 0 Å². The number of rotatable bonds is 3. The van der Waals surface area contributed by atoms with Gasteiger partial charge in [-0.25, -0.2) is 8.78 Å². The maximum Gasteiger partial charge on any atom is 0.130 e. The quantitative estimate of drug-likeness (QED) is 0.810. The molecule has 3 N–H and O–H groups in total. The van der Waals surface area contributed by atoms with Gasteiger partial charge in [-0.05, 0) is 17.5 Å². The molecule has 0 saturated heterocycles. The molecule has 0 aliphatic carbocycles. The molecule has 1 atom stereocenters. The first-order valence-electron chi connectivity index (χ1n) is 4.82. The first-order valence-corrected chi connectivity index (χ1v) is 4.82. The van der Waals surface area contributed by atoms with Crippen LogP contribution in [-0.2, 0) is 0 Å². The lowest BCUT2D eigenvalue weighted by Crippen LogP contribution is -2.17. The Balaban J connectivity index is 3.23. The largest absolute Gasteiger partial charge is 0.394 e. The van der Waals surface area contributed by atoms with E-state index in [1.165, 1.54) is 6.07 Å². The molecule has 0 bridgehead atoms. The Morgan fingerprint density at radius 2 is 1.73 bits per heavy atom. The van der Waals surface area contributed by atoms with Gasteiger partial charge < -0.3 is 10.8 Å². The average Bonchev–Trinajstić information content (AvgIpc) is 2.16. The minimum absolute atomic E-state index is 0.0461. The Morgan fingerprint density at radius 3 is 2.20 bits per heavy atom. The first-order chi connectivity index (χ1) is 6.97. The molecule has 0 aromatic heterocycles. The van der Waals surface area contributed by atoms with Gasteiger partial charge in [-0.15, -0.1) is 0 Å². The van der Waals surface area contributed by atoms with Crippen molar-refractivity contribution in [3.63, 3.8) is 0 Å². The van der Waals surface area contributed by atoms with Gasteiger partial charge in [-0.1, -0.05) is 13.8 Å². The zero-order valence-corrected chi connectivity index (χ0v) is 8.80. The predicted molar refractivity (Wildman–Crippen MR) is 54.5 cm³/mol. The number of benzene rings is 1. The summed E-state index contributed by atoms with van der Waals surface area (Å²) in [5.74, 6) is -1.33. The van der Waals surface area contributed by atoms with E-state index in [9.17, 15) is 8.78 Å². The number of hydrogen-bond donors (Lipinski definition) is 2. The summed E-state index contributed by atoms with van der Waals surface area (Å²) in [6.45, 7) is 3.26. The van der Waals surface area contributed by atoms with Crippen LogP contribution in [0.15, 0.2) is 12.1 Å². The summed E-state index contributed by atoms with van der Waals surface area (Å²) in [7, 11) is 0. The summed E-state index contributed by atoms with van der Waals surface area (Å²) in [4.78, 5) is 0. The van der Waals surface area contributed by atoms with Gasteiger partial charge >= 0.3 is 0 Å². The van der Waals surface area contributed by atoms with Crippen LogP contribution in [0.25, 0.3) is 0 Å². The highest BCUT2D eigenvalue weighted by molar-refractivity contribution is 5.30. The van der Waals surface area contributed by atoms with Crippen LogP contribution in [0.1, 0.15) is 36.9 Å². The van der Waals surface area contributed by atoms with Gasteiger partial charge in [0.15, 0.2) is 0 Å². The number of aliphatic hydroxyl groups is 1. The third-order valence-electron chi connectivity index (χ3n) is 2.33. The lowest BCUT2D eigenvalue weighted by Gasteiger charge is -2.14. The molecule has 1 aromatic rings. The predicted octanol–water partition coefficient (Wildman–Crippen LogP) is 2.08. The lowest BCUT2D eigenvalue weighted by atomic mass is 9.97. The van der Waals surface area contributed by atoms with Crippen LogP contribution in [0.5, 0.6) is 0 Å². The first kappa shape index (κ1) is 12.1. The number of aliphatic hydroxyl groups excluding tert-OH is 1. The van der Waals surface area contributed by atoms with Crippen LogP contribution >= 0.6 is 0 Å². The van der Waals surface area contributed by atoms with Crippen LogP contribution in [0.3, 0.4) is 0 Å². The fourth-order valence-electron chi connectivity index (χ4n) is 1.41. The maximum absolute atomic E-state index is 13.3. The fraction of sp³-hybridized carbons (Fsp3) is 0.455. The van der Waals surface area contributed by atoms with Gasteiger partial charge in [-0.3, -0.25) is 0 Å². The summed E-state index contributed by atoms with van der Waals surface area (Å²) >= 11 is 0. The minimum atomic E-state index is -0.803. The molecule has 4 heteroatoms. The Morgan fingerprint density at radius 1 is 1.20 bits per heavy atom. The molecule has 84 valence electrons. The molecule has 1 rings (SSSR count). The van der Waals surface area contributed by atoms with Gasteiger partial charge in [0.05, 0.1) is 12.6 Å². The smallest absolute Gasteiger partial charge is 0.130 e. The van der Waals surface area contributed by atoms with Crippen LogP contribution in [0.2, 0.25) is 0 Å². The average molecular weight is 215 g/mol. The number of halogens is 2. The van der Waals surface area contributed by atoms with E-state index in [4.69, 9.17) is 10.8 Å². The Kier molecular flexibility index (Phi) is 3.77. The molecule has 0 spiro atoms. The molecule has 0 amide bonds. The van der Waals surface area contributed by atoms with Gasteiger partial charge in [0.1, 0.15) is 11.6 Å². The van der Waals surface area contributed by atoms with Gasteiger partial charge in [0, 0.05) is 11.6 Å². The highest BCUT2D eigenvalue weighted by atomic mass is 19.1. The fourth-order valence-corrected chi connectivity index (χ4v) is 1.41. The van der Waals surface area contributed by atoms with E-state index in [-0.39, 0.29) is 18.1 Å². The minimum Gasteiger partial charge on any atom is -0.394 e. The van der Waals surface area contributed by atoms with E-state index < -0.39 is 17.7 Å². The SMILES string of the molecule is CC(C)c1cc(C(N)CO)c(F)cc1F. The number of hydrogen-bond acceptors (Lipinski definition) is 2. The highest BCUT2D eigenvalue weighted by Gasteiger charge is 2.16. The second-order valence-corrected chi connectivity index (χ2v) is 3.84. The van der Waals surface area contributed by atoms with Crippen molar-refractivity contribution in [1.82, 2.24) is 0 Å². The van der Waals surface area contributed by atoms with Crippen LogP contribution in [0.4, 0.5) is 8.78 Å². The van der Waals surface area contributed by atoms with Crippen molar-refractivity contribution in [3.05, 3.63) is 34.9 Å². The summed E-state index contributed by atoms with van der Waals surface area (Å²) in [5, 5.41) is 8.83. The van der Waals surface area contributed by atoms with Crippen molar-refractivity contribution in [2.45, 2.75) is 25.8 Å². The normalized spacial score (nSPS) is 13.3. The second kappa shape index (κ2) is 4.68. The Bertz CT molecular complexity index is 353. The molecule has 0 heterocycles. The van der Waals surface area contributed by atoms with Crippen molar-refractivity contribution < 1.29 is 13.9 Å². The van der Waals surface area contributed by atoms with E-state index in [0.29, 0.717) is 5.56 Å². The zero-order chi connectivity index (χ0) is 11.6. The Hall–Kier alpha value is -1.00. The lowest BCUT2D eigenvalue weighted by molar-refractivity contribution is 0.265. The zero-order valence-electron chi connectivity index (χ0n) is 8.80. The monoisotopic (exact) mass is 215 g/mol. The molecular weight excluding hydrogens is 200 g/mol. The Labute approximate surface area is 87.7 Å². The summed E-state index contributed by atoms with van der Waals surface area (Å²) < 4.78 is 26.6. The summed E-state index contributed by atoms with van der Waals surface area (Å²) in [6, 6.07) is 1.40. The summed E-state index contributed by atoms with van der Waals surface area (Å²) in [5.41, 5.74) is 6.07. The van der Waals surface area contributed by atoms with Gasteiger partial charge in [0.25, 0.3) is 0 Å². The number of nitrogens with two attached hydrogens (primary N) is 1. The standard InChI is InChI=1S/C11H15F2NO/c1-6(2)7-3-8(11(14)5-15)10(13)4-9(7)12/h3-4,6,11,15H,5,14H2,1-2H3. The maximum atomic E-state index is 13.3. The van der Waals surface area contributed by atoms with E-state index in [0.717, 1.165) is 6.07 Å². The third-order valence-corrected chi connectivity index (χ3v) is 2.33. The third kappa shape index (κ3) is 2.52. The molecule has 15 heavy (non-hydrogen) atoms. The molecule has 0 fully saturated rings. The van der Waals surface area contributed by atoms with Crippen molar-refractivity contribution in [3.8, 4) is 0 Å². The van der Waals surface area contributed by atoms with Crippen molar-refractivity contribution in [1.29, 1.82) is 0 Å². The molecule has 0 saturated carbocycles. The van der Waals surface area contributed by atoms with E-state index in [1.54, 1.807) is 0 Å². The van der Waals surface area contributed by atoms with Crippen molar-refractivity contribution >= 4 is 0 Å². The van der Waals surface area contributed by atoms with Crippen LogP contribution in [-0.4, -0.2) is 11.7 Å². The topological polar surface area (TPSA) is 46.2 Å². The van der Waals surface area contributed by atoms with Crippen molar-refractivity contribution in [2.24, 2.45) is 5.73 Å². The molecular formula is C11H15F2NO. The second-order valence-electron chi connectivity index (χ2n) is 3.84. The molecule has 1 unspecified atom stereocenters. The summed E-state index contributed by atoms with van der Waals surface area (Å²) in [6.07, 6.45) is 0. The highest BCUT2D eigenvalue weighted by Crippen LogP contribution is 2.24. The van der Waals surface area contributed by atoms with Crippen molar-refractivity contribution in [2.75, 3.05) is 6.61 Å². The van der Waals surface area contributed by atoms with E-state index in [2.05, 4.69) is 0 Å². The molecule has 0 aliphatic rings. The molecule has 1 aromatic carbocycles. The van der Waals surface area contributed by atoms with E-state index in [1.807, 2.05) is 13.8 Å². The van der Waals surface area contributed by atoms with Gasteiger partial charge in [0.2, 0.25) is 0 Å². The van der Waals surface area contributed by atoms with Crippen LogP contribution in [0, 0.1) is 11.6 Å². The molecule has 2 nitrogen and oxygen atoms in total.